The number of benzene rings is 2. The van der Waals surface area contributed by atoms with Crippen LogP contribution in [0.4, 0.5) is 18.9 Å². The molecule has 1 heterocycles. The van der Waals surface area contributed by atoms with Gasteiger partial charge < -0.3 is 5.32 Å². The van der Waals surface area contributed by atoms with Crippen LogP contribution in [0.2, 0.25) is 0 Å². The molecule has 9 heteroatoms. The van der Waals surface area contributed by atoms with Gasteiger partial charge in [-0.3, -0.25) is 4.79 Å². The molecule has 0 spiro atoms. The SMILES string of the molecule is O=C(Nc1ccc(F)c(F)c1)c1ccc(F)c(S(=O)(=O)N2CCCC2)c1. The molecule has 1 N–H and O–H groups in total. The molecule has 2 aromatic rings. The molecule has 1 amide bonds. The van der Waals surface area contributed by atoms with Crippen LogP contribution in [0.15, 0.2) is 41.3 Å². The number of carbonyl (C=O) groups excluding carboxylic acids is 1. The number of hydrogen-bond acceptors (Lipinski definition) is 3. The Labute approximate surface area is 148 Å². The van der Waals surface area contributed by atoms with E-state index in [1.165, 1.54) is 4.31 Å². The van der Waals surface area contributed by atoms with E-state index in [1.807, 2.05) is 0 Å². The highest BCUT2D eigenvalue weighted by molar-refractivity contribution is 7.89. The Bertz CT molecular complexity index is 958. The first-order chi connectivity index (χ1) is 12.3. The van der Waals surface area contributed by atoms with E-state index in [2.05, 4.69) is 5.32 Å². The Morgan fingerprint density at radius 3 is 2.23 bits per heavy atom. The summed E-state index contributed by atoms with van der Waals surface area (Å²) in [5.41, 5.74) is -0.129. The average Bonchev–Trinajstić information content (AvgIpc) is 3.14. The molecule has 0 atom stereocenters. The lowest BCUT2D eigenvalue weighted by atomic mass is 10.2. The lowest BCUT2D eigenvalue weighted by molar-refractivity contribution is 0.102. The molecular formula is C17H15F3N2O3S. The van der Waals surface area contributed by atoms with Crippen LogP contribution in [0.3, 0.4) is 0 Å². The molecule has 5 nitrogen and oxygen atoms in total. The Morgan fingerprint density at radius 2 is 1.58 bits per heavy atom. The van der Waals surface area contributed by atoms with Crippen molar-refractivity contribution in [3.8, 4) is 0 Å². The van der Waals surface area contributed by atoms with Gasteiger partial charge in [-0.1, -0.05) is 0 Å². The van der Waals surface area contributed by atoms with E-state index in [-0.39, 0.29) is 11.3 Å². The molecule has 0 aromatic heterocycles. The third-order valence-corrected chi connectivity index (χ3v) is 5.97. The van der Waals surface area contributed by atoms with E-state index in [0.29, 0.717) is 25.9 Å². The zero-order valence-corrected chi connectivity index (χ0v) is 14.3. The zero-order valence-electron chi connectivity index (χ0n) is 13.5. The van der Waals surface area contributed by atoms with Gasteiger partial charge in [-0.2, -0.15) is 4.31 Å². The van der Waals surface area contributed by atoms with E-state index < -0.39 is 38.3 Å². The number of halogens is 3. The van der Waals surface area contributed by atoms with Crippen molar-refractivity contribution in [1.29, 1.82) is 0 Å². The first-order valence-electron chi connectivity index (χ1n) is 7.85. The summed E-state index contributed by atoms with van der Waals surface area (Å²) in [5, 5.41) is 2.32. The maximum Gasteiger partial charge on any atom is 0.255 e. The first kappa shape index (κ1) is 18.4. The molecule has 0 saturated carbocycles. The van der Waals surface area contributed by atoms with Crippen LogP contribution in [0, 0.1) is 17.5 Å². The summed E-state index contributed by atoms with van der Waals surface area (Å²) in [6, 6.07) is 5.74. The van der Waals surface area contributed by atoms with Crippen LogP contribution in [-0.2, 0) is 10.0 Å². The Hall–Kier alpha value is -2.39. The van der Waals surface area contributed by atoms with Crippen molar-refractivity contribution < 1.29 is 26.4 Å². The van der Waals surface area contributed by atoms with E-state index in [1.54, 1.807) is 0 Å². The second kappa shape index (κ2) is 7.08. The summed E-state index contributed by atoms with van der Waals surface area (Å²) < 4.78 is 66.5. The fourth-order valence-corrected chi connectivity index (χ4v) is 4.29. The molecule has 0 unspecified atom stereocenters. The third kappa shape index (κ3) is 3.58. The highest BCUT2D eigenvalue weighted by atomic mass is 32.2. The van der Waals surface area contributed by atoms with E-state index >= 15 is 0 Å². The molecule has 1 aliphatic rings. The van der Waals surface area contributed by atoms with Crippen molar-refractivity contribution in [2.75, 3.05) is 18.4 Å². The van der Waals surface area contributed by atoms with Crippen molar-refractivity contribution in [2.24, 2.45) is 0 Å². The van der Waals surface area contributed by atoms with Crippen molar-refractivity contribution in [3.05, 3.63) is 59.4 Å². The summed E-state index contributed by atoms with van der Waals surface area (Å²) in [6.07, 6.45) is 1.38. The van der Waals surface area contributed by atoms with E-state index in [4.69, 9.17) is 0 Å². The maximum atomic E-state index is 14.1. The number of nitrogens with one attached hydrogen (secondary N) is 1. The molecule has 3 rings (SSSR count). The minimum Gasteiger partial charge on any atom is -0.322 e. The molecule has 138 valence electrons. The number of anilines is 1. The molecule has 0 bridgehead atoms. The number of hydrogen-bond donors (Lipinski definition) is 1. The van der Waals surface area contributed by atoms with Gasteiger partial charge in [-0.15, -0.1) is 0 Å². The smallest absolute Gasteiger partial charge is 0.255 e. The lowest BCUT2D eigenvalue weighted by Crippen LogP contribution is -2.29. The average molecular weight is 384 g/mol. The molecule has 0 radical (unpaired) electrons. The standard InChI is InChI=1S/C17H15F3N2O3S/c18-13-6-4-12(10-15(13)20)21-17(23)11-3-5-14(19)16(9-11)26(24,25)22-7-1-2-8-22/h3-6,9-10H,1-2,7-8H2,(H,21,23). The quantitative estimate of drug-likeness (QED) is 0.881. The van der Waals surface area contributed by atoms with Gasteiger partial charge in [-0.25, -0.2) is 21.6 Å². The normalized spacial score (nSPS) is 15.2. The van der Waals surface area contributed by atoms with Gasteiger partial charge in [-0.05, 0) is 43.2 Å². The highest BCUT2D eigenvalue weighted by Crippen LogP contribution is 2.24. The summed E-state index contributed by atoms with van der Waals surface area (Å²) in [5.74, 6) is -3.93. The van der Waals surface area contributed by atoms with Crippen molar-refractivity contribution in [2.45, 2.75) is 17.7 Å². The maximum absolute atomic E-state index is 14.1. The van der Waals surface area contributed by atoms with Crippen molar-refractivity contribution in [3.63, 3.8) is 0 Å². The summed E-state index contributed by atoms with van der Waals surface area (Å²) >= 11 is 0. The van der Waals surface area contributed by atoms with Crippen LogP contribution in [0.5, 0.6) is 0 Å². The summed E-state index contributed by atoms with van der Waals surface area (Å²) in [6.45, 7) is 0.597. The second-order valence-corrected chi connectivity index (χ2v) is 7.75. The van der Waals surface area contributed by atoms with Gasteiger partial charge in [0.15, 0.2) is 11.6 Å². The molecule has 2 aromatic carbocycles. The Balaban J connectivity index is 1.89. The number of nitrogens with zero attached hydrogens (tertiary/aromatic N) is 1. The highest BCUT2D eigenvalue weighted by Gasteiger charge is 2.30. The second-order valence-electron chi connectivity index (χ2n) is 5.84. The minimum atomic E-state index is -4.04. The molecule has 1 fully saturated rings. The minimum absolute atomic E-state index is 0.0119. The molecule has 26 heavy (non-hydrogen) atoms. The van der Waals surface area contributed by atoms with E-state index in [9.17, 15) is 26.4 Å². The van der Waals surface area contributed by atoms with Crippen LogP contribution in [-0.4, -0.2) is 31.7 Å². The van der Waals surface area contributed by atoms with Crippen LogP contribution in [0.25, 0.3) is 0 Å². The number of rotatable bonds is 4. The monoisotopic (exact) mass is 384 g/mol. The van der Waals surface area contributed by atoms with Crippen LogP contribution < -0.4 is 5.32 Å². The van der Waals surface area contributed by atoms with Crippen molar-refractivity contribution >= 4 is 21.6 Å². The summed E-state index contributed by atoms with van der Waals surface area (Å²) in [4.78, 5) is 11.7. The van der Waals surface area contributed by atoms with Gasteiger partial charge in [0, 0.05) is 30.4 Å². The molecule has 0 aliphatic carbocycles. The Kier molecular flexibility index (Phi) is 5.01. The van der Waals surface area contributed by atoms with Gasteiger partial charge in [0.25, 0.3) is 5.91 Å². The zero-order chi connectivity index (χ0) is 18.9. The van der Waals surface area contributed by atoms with Gasteiger partial charge in [0.2, 0.25) is 10.0 Å². The van der Waals surface area contributed by atoms with Crippen LogP contribution in [0.1, 0.15) is 23.2 Å². The topological polar surface area (TPSA) is 66.5 Å². The molecule has 1 saturated heterocycles. The van der Waals surface area contributed by atoms with Gasteiger partial charge >= 0.3 is 0 Å². The lowest BCUT2D eigenvalue weighted by Gasteiger charge is -2.16. The first-order valence-corrected chi connectivity index (χ1v) is 9.29. The summed E-state index contributed by atoms with van der Waals surface area (Å²) in [7, 11) is -4.04. The molecule has 1 aliphatic heterocycles. The number of sulfonamides is 1. The predicted octanol–water partition coefficient (Wildman–Crippen LogP) is 3.14. The predicted molar refractivity (Wildman–Crippen MR) is 88.7 cm³/mol. The van der Waals surface area contributed by atoms with E-state index in [0.717, 1.165) is 36.4 Å². The van der Waals surface area contributed by atoms with Gasteiger partial charge in [0.05, 0.1) is 0 Å². The largest absolute Gasteiger partial charge is 0.322 e. The fourth-order valence-electron chi connectivity index (χ4n) is 2.69. The fraction of sp³-hybridized carbons (Fsp3) is 0.235. The van der Waals surface area contributed by atoms with Gasteiger partial charge in [0.1, 0.15) is 10.7 Å². The third-order valence-electron chi connectivity index (χ3n) is 4.05. The molecular weight excluding hydrogens is 369 g/mol. The number of amides is 1. The Morgan fingerprint density at radius 1 is 0.923 bits per heavy atom. The van der Waals surface area contributed by atoms with Crippen molar-refractivity contribution in [1.82, 2.24) is 4.31 Å². The van der Waals surface area contributed by atoms with Crippen LogP contribution >= 0.6 is 0 Å². The number of carbonyl (C=O) groups is 1.